The van der Waals surface area contributed by atoms with Crippen molar-refractivity contribution in [3.05, 3.63) is 47.8 Å². The topological polar surface area (TPSA) is 68.1 Å². The van der Waals surface area contributed by atoms with Crippen molar-refractivity contribution in [2.24, 2.45) is 0 Å². The normalized spacial score (nSPS) is 12.2. The molecule has 19 heavy (non-hydrogen) atoms. The van der Waals surface area contributed by atoms with Crippen molar-refractivity contribution in [1.82, 2.24) is 15.0 Å². The number of hydrogen-bond acceptors (Lipinski definition) is 5. The Bertz CT molecular complexity index is 528. The third-order valence-electron chi connectivity index (χ3n) is 2.60. The predicted molar refractivity (Wildman–Crippen MR) is 70.9 cm³/mol. The zero-order valence-corrected chi connectivity index (χ0v) is 11.1. The molecule has 2 rings (SSSR count). The van der Waals surface area contributed by atoms with E-state index in [-0.39, 0.29) is 0 Å². The van der Waals surface area contributed by atoms with E-state index in [9.17, 15) is 5.11 Å². The molecule has 1 unspecified atom stereocenters. The van der Waals surface area contributed by atoms with Crippen LogP contribution in [0.5, 0.6) is 5.75 Å². The fraction of sp³-hybridized carbons (Fsp3) is 0.357. The summed E-state index contributed by atoms with van der Waals surface area (Å²) < 4.78 is 5.49. The zero-order chi connectivity index (χ0) is 13.7. The molecule has 1 N–H and O–H groups in total. The van der Waals surface area contributed by atoms with Gasteiger partial charge >= 0.3 is 0 Å². The van der Waals surface area contributed by atoms with Crippen LogP contribution in [0.1, 0.15) is 36.4 Å². The number of hydrogen-bond donors (Lipinski definition) is 1. The molecule has 1 atom stereocenters. The molecule has 0 bridgehead atoms. The van der Waals surface area contributed by atoms with Gasteiger partial charge in [-0.25, -0.2) is 0 Å². The molecular weight excluding hydrogens is 242 g/mol. The smallest absolute Gasteiger partial charge is 0.137 e. The highest BCUT2D eigenvalue weighted by Crippen LogP contribution is 2.22. The van der Waals surface area contributed by atoms with Crippen LogP contribution in [0.4, 0.5) is 0 Å². The van der Waals surface area contributed by atoms with Gasteiger partial charge in [-0.1, -0.05) is 6.92 Å². The molecule has 5 heteroatoms. The molecule has 0 radical (unpaired) electrons. The van der Waals surface area contributed by atoms with Crippen molar-refractivity contribution < 1.29 is 9.84 Å². The van der Waals surface area contributed by atoms with Gasteiger partial charge in [-0.3, -0.25) is 15.0 Å². The minimum Gasteiger partial charge on any atom is -0.492 e. The van der Waals surface area contributed by atoms with Gasteiger partial charge in [0.15, 0.2) is 0 Å². The van der Waals surface area contributed by atoms with Crippen LogP contribution in [0.15, 0.2) is 30.9 Å². The largest absolute Gasteiger partial charge is 0.492 e. The van der Waals surface area contributed by atoms with Crippen LogP contribution in [0.2, 0.25) is 0 Å². The van der Waals surface area contributed by atoms with Crippen LogP contribution >= 0.6 is 0 Å². The Labute approximate surface area is 112 Å². The molecule has 0 saturated carbocycles. The Morgan fingerprint density at radius 3 is 2.74 bits per heavy atom. The highest BCUT2D eigenvalue weighted by molar-refractivity contribution is 5.29. The monoisotopic (exact) mass is 259 g/mol. The Morgan fingerprint density at radius 2 is 2.05 bits per heavy atom. The Balaban J connectivity index is 2.18. The molecule has 2 heterocycles. The average molecular weight is 259 g/mol. The number of aliphatic hydroxyl groups is 1. The lowest BCUT2D eigenvalue weighted by Crippen LogP contribution is -2.05. The molecule has 0 aliphatic heterocycles. The van der Waals surface area contributed by atoms with Gasteiger partial charge in [-0.15, -0.1) is 0 Å². The van der Waals surface area contributed by atoms with Crippen molar-refractivity contribution in [3.63, 3.8) is 0 Å². The standard InChI is InChI=1S/C14H17N3O2/c1-3-4-19-12-5-11(7-15-8-12)14(18)13-9-16-10(2)6-17-13/h5-9,14,18H,3-4H2,1-2H3. The lowest BCUT2D eigenvalue weighted by molar-refractivity contribution is 0.213. The summed E-state index contributed by atoms with van der Waals surface area (Å²) in [7, 11) is 0. The second kappa shape index (κ2) is 6.24. The number of aromatic nitrogens is 3. The van der Waals surface area contributed by atoms with Crippen LogP contribution < -0.4 is 4.74 Å². The van der Waals surface area contributed by atoms with E-state index >= 15 is 0 Å². The van der Waals surface area contributed by atoms with E-state index in [1.54, 1.807) is 30.9 Å². The molecule has 0 spiro atoms. The first-order valence-corrected chi connectivity index (χ1v) is 6.25. The van der Waals surface area contributed by atoms with Gasteiger partial charge in [0.2, 0.25) is 0 Å². The summed E-state index contributed by atoms with van der Waals surface area (Å²) in [6.45, 7) is 4.52. The van der Waals surface area contributed by atoms with Gasteiger partial charge in [0, 0.05) is 18.0 Å². The zero-order valence-electron chi connectivity index (χ0n) is 11.1. The molecule has 0 aliphatic carbocycles. The number of rotatable bonds is 5. The van der Waals surface area contributed by atoms with Gasteiger partial charge in [0.1, 0.15) is 11.9 Å². The summed E-state index contributed by atoms with van der Waals surface area (Å²) >= 11 is 0. The highest BCUT2D eigenvalue weighted by Gasteiger charge is 2.13. The van der Waals surface area contributed by atoms with Crippen molar-refractivity contribution in [3.8, 4) is 5.75 Å². The third-order valence-corrected chi connectivity index (χ3v) is 2.60. The fourth-order valence-corrected chi connectivity index (χ4v) is 1.60. The molecule has 0 amide bonds. The number of aryl methyl sites for hydroxylation is 1. The molecule has 2 aromatic rings. The Kier molecular flexibility index (Phi) is 4.41. The van der Waals surface area contributed by atoms with E-state index in [0.717, 1.165) is 12.1 Å². The van der Waals surface area contributed by atoms with Gasteiger partial charge < -0.3 is 9.84 Å². The Hall–Kier alpha value is -2.01. The van der Waals surface area contributed by atoms with Crippen LogP contribution in [-0.2, 0) is 0 Å². The summed E-state index contributed by atoms with van der Waals surface area (Å²) in [6.07, 6.45) is 6.52. The van der Waals surface area contributed by atoms with Crippen molar-refractivity contribution in [1.29, 1.82) is 0 Å². The minimum atomic E-state index is -0.842. The summed E-state index contributed by atoms with van der Waals surface area (Å²) in [5.41, 5.74) is 1.96. The first-order valence-electron chi connectivity index (χ1n) is 6.25. The molecule has 0 aliphatic rings. The molecule has 0 fully saturated rings. The van der Waals surface area contributed by atoms with Crippen molar-refractivity contribution in [2.75, 3.05) is 6.61 Å². The number of ether oxygens (including phenoxy) is 1. The van der Waals surface area contributed by atoms with E-state index in [4.69, 9.17) is 4.74 Å². The molecule has 0 saturated heterocycles. The number of pyridine rings is 1. The number of aliphatic hydroxyl groups excluding tert-OH is 1. The first-order chi connectivity index (χ1) is 9.20. The van der Waals surface area contributed by atoms with Gasteiger partial charge in [-0.05, 0) is 19.4 Å². The Morgan fingerprint density at radius 1 is 1.21 bits per heavy atom. The van der Waals surface area contributed by atoms with Crippen molar-refractivity contribution in [2.45, 2.75) is 26.4 Å². The van der Waals surface area contributed by atoms with E-state index in [1.165, 1.54) is 0 Å². The quantitative estimate of drug-likeness (QED) is 0.890. The van der Waals surface area contributed by atoms with Crippen LogP contribution in [0.3, 0.4) is 0 Å². The second-order valence-corrected chi connectivity index (χ2v) is 4.29. The maximum Gasteiger partial charge on any atom is 0.137 e. The van der Waals surface area contributed by atoms with Crippen molar-refractivity contribution >= 4 is 0 Å². The lowest BCUT2D eigenvalue weighted by atomic mass is 10.1. The van der Waals surface area contributed by atoms with E-state index < -0.39 is 6.10 Å². The summed E-state index contributed by atoms with van der Waals surface area (Å²) in [4.78, 5) is 12.4. The molecular formula is C14H17N3O2. The average Bonchev–Trinajstić information content (AvgIpc) is 2.45. The minimum absolute atomic E-state index is 0.500. The van der Waals surface area contributed by atoms with E-state index in [0.29, 0.717) is 23.6 Å². The van der Waals surface area contributed by atoms with E-state index in [2.05, 4.69) is 15.0 Å². The highest BCUT2D eigenvalue weighted by atomic mass is 16.5. The van der Waals surface area contributed by atoms with Gasteiger partial charge in [0.05, 0.1) is 30.4 Å². The fourth-order valence-electron chi connectivity index (χ4n) is 1.60. The van der Waals surface area contributed by atoms with Crippen LogP contribution in [0, 0.1) is 6.92 Å². The van der Waals surface area contributed by atoms with Gasteiger partial charge in [-0.2, -0.15) is 0 Å². The SMILES string of the molecule is CCCOc1cncc(C(O)c2cnc(C)cn2)c1. The van der Waals surface area contributed by atoms with Crippen LogP contribution in [0.25, 0.3) is 0 Å². The molecule has 5 nitrogen and oxygen atoms in total. The van der Waals surface area contributed by atoms with Crippen LogP contribution in [-0.4, -0.2) is 26.7 Å². The lowest BCUT2D eigenvalue weighted by Gasteiger charge is -2.11. The first kappa shape index (κ1) is 13.4. The molecule has 2 aromatic heterocycles. The molecule has 100 valence electrons. The summed E-state index contributed by atoms with van der Waals surface area (Å²) in [6, 6.07) is 1.77. The third kappa shape index (κ3) is 3.48. The summed E-state index contributed by atoms with van der Waals surface area (Å²) in [5.74, 6) is 0.651. The molecule has 0 aromatic carbocycles. The number of nitrogens with zero attached hydrogens (tertiary/aromatic N) is 3. The summed E-state index contributed by atoms with van der Waals surface area (Å²) in [5, 5.41) is 10.2. The second-order valence-electron chi connectivity index (χ2n) is 4.29. The maximum absolute atomic E-state index is 10.2. The predicted octanol–water partition coefficient (Wildman–Crippen LogP) is 2.05. The van der Waals surface area contributed by atoms with E-state index in [1.807, 2.05) is 13.8 Å². The van der Waals surface area contributed by atoms with Gasteiger partial charge in [0.25, 0.3) is 0 Å². The maximum atomic E-state index is 10.2.